The third-order valence-electron chi connectivity index (χ3n) is 4.17. The Bertz CT molecular complexity index is 1120. The molecule has 1 amide bonds. The monoisotopic (exact) mass is 398 g/mol. The highest BCUT2D eigenvalue weighted by atomic mass is 32.1. The van der Waals surface area contributed by atoms with Crippen molar-refractivity contribution in [1.82, 2.24) is 4.57 Å². The molecule has 4 rings (SSSR count). The van der Waals surface area contributed by atoms with Gasteiger partial charge in [0.25, 0.3) is 5.91 Å². The van der Waals surface area contributed by atoms with Crippen LogP contribution >= 0.6 is 11.3 Å². The maximum absolute atomic E-state index is 12.8. The zero-order valence-electron chi connectivity index (χ0n) is 15.2. The number of rotatable bonds is 4. The molecule has 0 saturated carbocycles. The first-order valence-electron chi connectivity index (χ1n) is 8.88. The molecule has 0 radical (unpaired) electrons. The second kappa shape index (κ2) is 7.85. The summed E-state index contributed by atoms with van der Waals surface area (Å²) in [7, 11) is 0. The van der Waals surface area contributed by atoms with Gasteiger partial charge in [-0.25, -0.2) is 0 Å². The van der Waals surface area contributed by atoms with Gasteiger partial charge in [0.05, 0.1) is 16.8 Å². The fourth-order valence-electron chi connectivity index (χ4n) is 2.92. The fraction of sp³-hybridized carbons (Fsp3) is 0.250. The van der Waals surface area contributed by atoms with E-state index < -0.39 is 5.91 Å². The lowest BCUT2D eigenvalue weighted by molar-refractivity contribution is -0.143. The van der Waals surface area contributed by atoms with Crippen LogP contribution in [0.15, 0.2) is 47.5 Å². The Balaban J connectivity index is 1.74. The lowest BCUT2D eigenvalue weighted by Gasteiger charge is -2.18. The number of hydrogen-bond acceptors (Lipinski definition) is 6. The molecule has 1 aliphatic heterocycles. The quantitative estimate of drug-likeness (QED) is 0.632. The molecular formula is C20H18N2O5S. The summed E-state index contributed by atoms with van der Waals surface area (Å²) in [5.74, 6) is 0.352. The van der Waals surface area contributed by atoms with E-state index in [1.165, 1.54) is 11.3 Å². The minimum atomic E-state index is -0.416. The number of thiazole rings is 1. The number of ether oxygens (including phenoxy) is 3. The van der Waals surface area contributed by atoms with Crippen molar-refractivity contribution in [3.05, 3.63) is 52.8 Å². The summed E-state index contributed by atoms with van der Waals surface area (Å²) in [6.07, 6.45) is 0. The summed E-state index contributed by atoms with van der Waals surface area (Å²) < 4.78 is 18.7. The molecule has 2 heterocycles. The van der Waals surface area contributed by atoms with Gasteiger partial charge in [0.2, 0.25) is 0 Å². The van der Waals surface area contributed by atoms with E-state index in [4.69, 9.17) is 14.2 Å². The Kier molecular flexibility index (Phi) is 5.12. The van der Waals surface area contributed by atoms with E-state index in [9.17, 15) is 9.59 Å². The fourth-order valence-corrected chi connectivity index (χ4v) is 3.95. The molecule has 0 saturated heterocycles. The third kappa shape index (κ3) is 3.63. The van der Waals surface area contributed by atoms with E-state index in [0.717, 1.165) is 10.2 Å². The summed E-state index contributed by atoms with van der Waals surface area (Å²) >= 11 is 1.35. The summed E-state index contributed by atoms with van der Waals surface area (Å²) in [6, 6.07) is 12.6. The van der Waals surface area contributed by atoms with Crippen molar-refractivity contribution < 1.29 is 23.8 Å². The second-order valence-corrected chi connectivity index (χ2v) is 7.03. The molecule has 0 N–H and O–H groups in total. The van der Waals surface area contributed by atoms with Crippen molar-refractivity contribution in [1.29, 1.82) is 0 Å². The van der Waals surface area contributed by atoms with Crippen LogP contribution in [0.2, 0.25) is 0 Å². The molecule has 7 nitrogen and oxygen atoms in total. The minimum Gasteiger partial charge on any atom is -0.486 e. The van der Waals surface area contributed by atoms with Crippen molar-refractivity contribution in [2.75, 3.05) is 19.8 Å². The molecule has 8 heteroatoms. The predicted molar refractivity (Wildman–Crippen MR) is 104 cm³/mol. The van der Waals surface area contributed by atoms with Gasteiger partial charge in [-0.1, -0.05) is 23.5 Å². The summed E-state index contributed by atoms with van der Waals surface area (Å²) in [5, 5.41) is 0. The second-order valence-electron chi connectivity index (χ2n) is 6.02. The number of carbonyl (C=O) groups is 2. The van der Waals surface area contributed by atoms with E-state index in [1.54, 1.807) is 29.7 Å². The third-order valence-corrected chi connectivity index (χ3v) is 5.23. The van der Waals surface area contributed by atoms with Crippen LogP contribution in [-0.4, -0.2) is 36.3 Å². The molecule has 3 aromatic rings. The Morgan fingerprint density at radius 2 is 1.93 bits per heavy atom. The van der Waals surface area contributed by atoms with Crippen LogP contribution in [0.5, 0.6) is 11.5 Å². The zero-order chi connectivity index (χ0) is 19.5. The van der Waals surface area contributed by atoms with Crippen molar-refractivity contribution in [3.8, 4) is 11.5 Å². The summed E-state index contributed by atoms with van der Waals surface area (Å²) in [4.78, 5) is 29.5. The molecule has 0 atom stereocenters. The molecule has 2 aromatic carbocycles. The molecule has 0 spiro atoms. The van der Waals surface area contributed by atoms with Crippen LogP contribution in [0.25, 0.3) is 10.2 Å². The first-order chi connectivity index (χ1) is 13.7. The molecule has 0 unspecified atom stereocenters. The highest BCUT2D eigenvalue weighted by molar-refractivity contribution is 7.16. The molecule has 1 aliphatic rings. The predicted octanol–water partition coefficient (Wildman–Crippen LogP) is 2.78. The first kappa shape index (κ1) is 18.2. The summed E-state index contributed by atoms with van der Waals surface area (Å²) in [5.41, 5.74) is 1.22. The molecule has 28 heavy (non-hydrogen) atoms. The van der Waals surface area contributed by atoms with Crippen molar-refractivity contribution in [2.45, 2.75) is 13.5 Å². The maximum Gasteiger partial charge on any atom is 0.326 e. The number of carbonyl (C=O) groups excluding carboxylic acids is 2. The Morgan fingerprint density at radius 3 is 2.75 bits per heavy atom. The number of hydrogen-bond donors (Lipinski definition) is 0. The van der Waals surface area contributed by atoms with Crippen LogP contribution in [-0.2, 0) is 16.1 Å². The zero-order valence-corrected chi connectivity index (χ0v) is 16.0. The smallest absolute Gasteiger partial charge is 0.326 e. The average Bonchev–Trinajstić information content (AvgIpc) is 3.05. The molecule has 0 bridgehead atoms. The normalized spacial score (nSPS) is 13.5. The van der Waals surface area contributed by atoms with Gasteiger partial charge in [-0.3, -0.25) is 9.59 Å². The van der Waals surface area contributed by atoms with E-state index in [2.05, 4.69) is 4.99 Å². The van der Waals surface area contributed by atoms with Gasteiger partial charge in [0.1, 0.15) is 19.8 Å². The number of esters is 1. The van der Waals surface area contributed by atoms with Crippen LogP contribution in [0.1, 0.15) is 17.3 Å². The van der Waals surface area contributed by atoms with Crippen molar-refractivity contribution >= 4 is 33.4 Å². The van der Waals surface area contributed by atoms with Crippen LogP contribution in [0.4, 0.5) is 0 Å². The molecule has 0 fully saturated rings. The Morgan fingerprint density at radius 1 is 1.14 bits per heavy atom. The van der Waals surface area contributed by atoms with Gasteiger partial charge in [-0.05, 0) is 37.3 Å². The average molecular weight is 398 g/mol. The van der Waals surface area contributed by atoms with Gasteiger partial charge in [-0.2, -0.15) is 4.99 Å². The van der Waals surface area contributed by atoms with Crippen LogP contribution < -0.4 is 14.3 Å². The molecule has 0 aliphatic carbocycles. The lowest BCUT2D eigenvalue weighted by atomic mass is 10.2. The van der Waals surface area contributed by atoms with Crippen LogP contribution in [0.3, 0.4) is 0 Å². The summed E-state index contributed by atoms with van der Waals surface area (Å²) in [6.45, 7) is 2.97. The van der Waals surface area contributed by atoms with Crippen molar-refractivity contribution in [3.63, 3.8) is 0 Å². The Labute approximate surface area is 164 Å². The number of fused-ring (bicyclic) bond motifs is 2. The van der Waals surface area contributed by atoms with Gasteiger partial charge in [0, 0.05) is 5.56 Å². The molecular weight excluding hydrogens is 380 g/mol. The van der Waals surface area contributed by atoms with Gasteiger partial charge in [0.15, 0.2) is 16.3 Å². The largest absolute Gasteiger partial charge is 0.486 e. The molecule has 1 aromatic heterocycles. The van der Waals surface area contributed by atoms with Crippen molar-refractivity contribution in [2.24, 2.45) is 4.99 Å². The van der Waals surface area contributed by atoms with E-state index >= 15 is 0 Å². The minimum absolute atomic E-state index is 0.00882. The first-order valence-corrected chi connectivity index (χ1v) is 9.70. The maximum atomic E-state index is 12.8. The van der Waals surface area contributed by atoms with Gasteiger partial charge < -0.3 is 18.8 Å². The van der Waals surface area contributed by atoms with E-state index in [-0.39, 0.29) is 12.5 Å². The topological polar surface area (TPSA) is 79.1 Å². The Hall–Kier alpha value is -3.13. The SMILES string of the molecule is CCOC(=O)Cn1c(=NC(=O)c2ccc3c(c2)OCCO3)sc2ccccc21. The standard InChI is InChI=1S/C20H18N2O5S/c1-2-25-18(23)12-22-14-5-3-4-6-17(14)28-20(22)21-19(24)13-7-8-15-16(11-13)27-10-9-26-15/h3-8,11H,2,9-10,12H2,1H3. The van der Waals surface area contributed by atoms with Gasteiger partial charge >= 0.3 is 5.97 Å². The molecule has 144 valence electrons. The highest BCUT2D eigenvalue weighted by Gasteiger charge is 2.16. The highest BCUT2D eigenvalue weighted by Crippen LogP contribution is 2.31. The van der Waals surface area contributed by atoms with E-state index in [1.807, 2.05) is 24.3 Å². The van der Waals surface area contributed by atoms with Crippen LogP contribution in [0, 0.1) is 0 Å². The number of amides is 1. The number of para-hydroxylation sites is 1. The number of aromatic nitrogens is 1. The number of nitrogens with zero attached hydrogens (tertiary/aromatic N) is 2. The van der Waals surface area contributed by atoms with E-state index in [0.29, 0.717) is 41.7 Å². The number of benzene rings is 2. The lowest BCUT2D eigenvalue weighted by Crippen LogP contribution is -2.23. The van der Waals surface area contributed by atoms with Gasteiger partial charge in [-0.15, -0.1) is 0 Å².